The zero-order valence-electron chi connectivity index (χ0n) is 35.0. The molecule has 0 unspecified atom stereocenters. The van der Waals surface area contributed by atoms with Gasteiger partial charge >= 0.3 is 0 Å². The molecule has 5 aliphatic rings. The quantitative estimate of drug-likeness (QED) is 0.143. The summed E-state index contributed by atoms with van der Waals surface area (Å²) in [6, 6.07) is 31.9. The van der Waals surface area contributed by atoms with E-state index in [1.807, 2.05) is 58.6 Å². The summed E-state index contributed by atoms with van der Waals surface area (Å²) in [5.41, 5.74) is 8.03. The standard InChI is InChI=1S/C51H41Cl2N7O4/c1-63-43-7-3-5-33-35(43)22-45(52)57-47(33)50(61)59-39-18-30(39)20-41(59)37-17-32(24-54-37)28-11-9-26(10-12-28)27-13-15-29(16-14-27)38-25-55-49(56-38)42-21-31-19-40(31)60(42)51(62)48-34-6-4-8-44(64-2)36(34)23-46(53)58-48/h3-16,22-25,30-31,39-42H,17-21H2,1-2H3,(H,55,56)/t30-,31-,39-,40-,41+,42+/m1/s1. The van der Waals surface area contributed by atoms with Crippen LogP contribution in [0.3, 0.4) is 0 Å². The van der Waals surface area contributed by atoms with Gasteiger partial charge in [-0.05, 0) is 89.6 Å². The second-order valence-electron chi connectivity index (χ2n) is 17.5. The Morgan fingerprint density at radius 3 is 1.72 bits per heavy atom. The molecule has 64 heavy (non-hydrogen) atoms. The highest BCUT2D eigenvalue weighted by atomic mass is 35.5. The predicted molar refractivity (Wildman–Crippen MR) is 248 cm³/mol. The molecular weight excluding hydrogens is 846 g/mol. The van der Waals surface area contributed by atoms with Crippen LogP contribution in [0.4, 0.5) is 0 Å². The van der Waals surface area contributed by atoms with E-state index < -0.39 is 0 Å². The van der Waals surface area contributed by atoms with Crippen molar-refractivity contribution in [1.29, 1.82) is 0 Å². The fourth-order valence-corrected chi connectivity index (χ4v) is 11.0. The molecule has 7 aromatic rings. The number of allylic oxidation sites excluding steroid dienone is 1. The van der Waals surface area contributed by atoms with Crippen molar-refractivity contribution in [1.82, 2.24) is 29.7 Å². The number of hydrogen-bond donors (Lipinski definition) is 1. The molecule has 2 saturated heterocycles. The number of piperidine rings is 2. The van der Waals surface area contributed by atoms with E-state index in [0.717, 1.165) is 86.9 Å². The summed E-state index contributed by atoms with van der Waals surface area (Å²) < 4.78 is 11.1. The third-order valence-electron chi connectivity index (χ3n) is 14.0. The number of likely N-dealkylation sites (tertiary alicyclic amines) is 2. The normalized spacial score (nSPS) is 22.9. The number of pyridine rings is 2. The van der Waals surface area contributed by atoms with Gasteiger partial charge in [-0.15, -0.1) is 0 Å². The first kappa shape index (κ1) is 39.1. The molecule has 318 valence electrons. The van der Waals surface area contributed by atoms with Crippen molar-refractivity contribution in [2.45, 2.75) is 56.3 Å². The van der Waals surface area contributed by atoms with Gasteiger partial charge in [0.2, 0.25) is 0 Å². The minimum absolute atomic E-state index is 0.0857. The molecule has 11 nitrogen and oxygen atoms in total. The zero-order valence-corrected chi connectivity index (χ0v) is 36.5. The minimum atomic E-state index is -0.192. The van der Waals surface area contributed by atoms with Gasteiger partial charge in [-0.25, -0.2) is 15.0 Å². The number of ether oxygens (including phenoxy) is 2. The number of H-pyrrole nitrogens is 1. The molecule has 13 heteroatoms. The Balaban J connectivity index is 0.724. The summed E-state index contributed by atoms with van der Waals surface area (Å²) in [6.07, 6.45) is 8.23. The Bertz CT molecular complexity index is 3150. The molecule has 0 bridgehead atoms. The number of aliphatic imine (C=N–C) groups is 1. The Kier molecular flexibility index (Phi) is 9.17. The Hall–Kier alpha value is -6.56. The van der Waals surface area contributed by atoms with Crippen LogP contribution in [0.15, 0.2) is 114 Å². The molecule has 1 N–H and O–H groups in total. The SMILES string of the molecule is COc1cccc2c(C(=O)N3[C@@H]4C[C@@H]4C[C@H]3C3=NC=C(c4ccc(-c5ccc(-c6cnc([C@@H]7C[C@H]8C[C@H]8N7C(=O)c7nc(Cl)cc8c(OC)cccc78)[nH]6)cc5)cc4)C3)nc(Cl)cc12. The summed E-state index contributed by atoms with van der Waals surface area (Å²) in [6.45, 7) is 0. The monoisotopic (exact) mass is 885 g/mol. The van der Waals surface area contributed by atoms with Crippen LogP contribution in [0.5, 0.6) is 11.5 Å². The predicted octanol–water partition coefficient (Wildman–Crippen LogP) is 10.6. The van der Waals surface area contributed by atoms with Gasteiger partial charge in [0.1, 0.15) is 39.0 Å². The van der Waals surface area contributed by atoms with Crippen molar-refractivity contribution in [3.63, 3.8) is 0 Å². The van der Waals surface area contributed by atoms with E-state index in [1.165, 1.54) is 0 Å². The number of nitrogens with zero attached hydrogens (tertiary/aromatic N) is 6. The third kappa shape index (κ3) is 6.46. The number of benzene rings is 4. The summed E-state index contributed by atoms with van der Waals surface area (Å²) in [5, 5.41) is 3.49. The average molecular weight is 887 g/mol. The van der Waals surface area contributed by atoms with Gasteiger partial charge in [-0.2, -0.15) is 0 Å². The molecule has 3 aromatic heterocycles. The lowest BCUT2D eigenvalue weighted by atomic mass is 9.95. The second kappa shape index (κ2) is 15.0. The van der Waals surface area contributed by atoms with Crippen LogP contribution in [-0.2, 0) is 0 Å². The van der Waals surface area contributed by atoms with Crippen molar-refractivity contribution in [3.05, 3.63) is 143 Å². The van der Waals surface area contributed by atoms with Crippen LogP contribution in [0.2, 0.25) is 10.3 Å². The number of rotatable bonds is 9. The van der Waals surface area contributed by atoms with E-state index in [9.17, 15) is 9.59 Å². The first-order valence-electron chi connectivity index (χ1n) is 21.7. The number of aromatic amines is 1. The highest BCUT2D eigenvalue weighted by molar-refractivity contribution is 6.31. The Morgan fingerprint density at radius 2 is 1.16 bits per heavy atom. The molecule has 6 atom stereocenters. The molecule has 2 amide bonds. The molecule has 6 heterocycles. The Morgan fingerprint density at radius 1 is 0.641 bits per heavy atom. The van der Waals surface area contributed by atoms with E-state index in [1.54, 1.807) is 26.4 Å². The number of aromatic nitrogens is 4. The fourth-order valence-electron chi connectivity index (χ4n) is 10.6. The van der Waals surface area contributed by atoms with Crippen molar-refractivity contribution >= 4 is 67.8 Å². The fraction of sp³-hybridized carbons (Fsp3) is 0.255. The summed E-state index contributed by atoms with van der Waals surface area (Å²) in [5.74, 6) is 2.73. The molecule has 0 spiro atoms. The highest BCUT2D eigenvalue weighted by Crippen LogP contribution is 2.54. The molecule has 0 radical (unpaired) electrons. The average Bonchev–Trinajstić information content (AvgIpc) is 3.90. The molecule has 4 fully saturated rings. The number of methoxy groups -OCH3 is 2. The number of imidazole rings is 1. The van der Waals surface area contributed by atoms with E-state index in [-0.39, 0.29) is 46.3 Å². The largest absolute Gasteiger partial charge is 0.496 e. The van der Waals surface area contributed by atoms with Crippen molar-refractivity contribution in [3.8, 4) is 33.9 Å². The molecule has 2 aliphatic carbocycles. The van der Waals surface area contributed by atoms with Gasteiger partial charge in [0, 0.05) is 52.0 Å². The van der Waals surface area contributed by atoms with Crippen molar-refractivity contribution in [2.24, 2.45) is 16.8 Å². The van der Waals surface area contributed by atoms with Crippen LogP contribution in [0.25, 0.3) is 49.5 Å². The third-order valence-corrected chi connectivity index (χ3v) is 14.4. The number of carbonyl (C=O) groups excluding carboxylic acids is 2. The van der Waals surface area contributed by atoms with Gasteiger partial charge in [-0.1, -0.05) is 96.0 Å². The zero-order chi connectivity index (χ0) is 43.4. The van der Waals surface area contributed by atoms with Crippen LogP contribution >= 0.6 is 23.2 Å². The molecular formula is C51H41Cl2N7O4. The minimum Gasteiger partial charge on any atom is -0.496 e. The maximum atomic E-state index is 14.3. The molecule has 12 rings (SSSR count). The van der Waals surface area contributed by atoms with Crippen LogP contribution in [0.1, 0.15) is 70.5 Å². The molecule has 3 aliphatic heterocycles. The first-order valence-corrected chi connectivity index (χ1v) is 22.4. The summed E-state index contributed by atoms with van der Waals surface area (Å²) >= 11 is 12.9. The van der Waals surface area contributed by atoms with Gasteiger partial charge in [-0.3, -0.25) is 14.6 Å². The lowest BCUT2D eigenvalue weighted by Gasteiger charge is -2.28. The highest BCUT2D eigenvalue weighted by Gasteiger charge is 2.57. The van der Waals surface area contributed by atoms with Gasteiger partial charge < -0.3 is 24.3 Å². The van der Waals surface area contributed by atoms with E-state index in [4.69, 9.17) is 42.7 Å². The number of amides is 2. The van der Waals surface area contributed by atoms with E-state index in [0.29, 0.717) is 46.5 Å². The number of fused-ring (bicyclic) bond motifs is 4. The van der Waals surface area contributed by atoms with E-state index in [2.05, 4.69) is 63.5 Å². The molecule has 4 aromatic carbocycles. The summed E-state index contributed by atoms with van der Waals surface area (Å²) in [4.78, 5) is 54.9. The first-order chi connectivity index (χ1) is 31.2. The van der Waals surface area contributed by atoms with Crippen LogP contribution < -0.4 is 9.47 Å². The van der Waals surface area contributed by atoms with Gasteiger partial charge in [0.15, 0.2) is 0 Å². The van der Waals surface area contributed by atoms with Crippen LogP contribution in [-0.4, -0.2) is 79.6 Å². The van der Waals surface area contributed by atoms with Gasteiger partial charge in [0.05, 0.1) is 38.2 Å². The maximum absolute atomic E-state index is 14.3. The van der Waals surface area contributed by atoms with Crippen molar-refractivity contribution < 1.29 is 19.1 Å². The van der Waals surface area contributed by atoms with Crippen molar-refractivity contribution in [2.75, 3.05) is 14.2 Å². The number of halogens is 2. The van der Waals surface area contributed by atoms with E-state index >= 15 is 0 Å². The Labute approximate surface area is 378 Å². The number of hydrogen-bond acceptors (Lipinski definition) is 8. The van der Waals surface area contributed by atoms with Crippen LogP contribution in [0, 0.1) is 11.8 Å². The van der Waals surface area contributed by atoms with Gasteiger partial charge in [0.25, 0.3) is 11.8 Å². The number of carbonyl (C=O) groups is 2. The lowest BCUT2D eigenvalue weighted by molar-refractivity contribution is 0.0687. The maximum Gasteiger partial charge on any atom is 0.274 e. The topological polar surface area (TPSA) is 126 Å². The lowest BCUT2D eigenvalue weighted by Crippen LogP contribution is -2.43. The summed E-state index contributed by atoms with van der Waals surface area (Å²) in [7, 11) is 3.22. The smallest absolute Gasteiger partial charge is 0.274 e. The second-order valence-corrected chi connectivity index (χ2v) is 18.3. The molecule has 2 saturated carbocycles. The number of nitrogens with one attached hydrogen (secondary N) is 1.